The third kappa shape index (κ3) is 3.85. The van der Waals surface area contributed by atoms with E-state index in [1.165, 1.54) is 18.2 Å². The van der Waals surface area contributed by atoms with Gasteiger partial charge in [0.05, 0.1) is 16.4 Å². The van der Waals surface area contributed by atoms with Crippen molar-refractivity contribution in [1.29, 1.82) is 5.26 Å². The first-order chi connectivity index (χ1) is 10.3. The van der Waals surface area contributed by atoms with Gasteiger partial charge in [0.25, 0.3) is 0 Å². The number of halogens is 1. The van der Waals surface area contributed by atoms with Crippen molar-refractivity contribution < 1.29 is 18.3 Å². The molecule has 1 aromatic carbocycles. The number of sulfonamides is 1. The number of hydrogen-bond donors (Lipinski definition) is 2. The van der Waals surface area contributed by atoms with Gasteiger partial charge in [0.2, 0.25) is 10.0 Å². The van der Waals surface area contributed by atoms with Crippen LogP contribution in [0.4, 0.5) is 0 Å². The van der Waals surface area contributed by atoms with Gasteiger partial charge in [0, 0.05) is 10.5 Å². The second-order valence-electron chi connectivity index (χ2n) is 5.26. The number of nitrogens with zero attached hydrogens (tertiary/aromatic N) is 1. The number of carboxylic acids is 1. The Kier molecular flexibility index (Phi) is 5.21. The van der Waals surface area contributed by atoms with Crippen LogP contribution < -0.4 is 4.72 Å². The summed E-state index contributed by atoms with van der Waals surface area (Å²) in [5, 5.41) is 17.8. The predicted molar refractivity (Wildman–Crippen MR) is 82.6 cm³/mol. The van der Waals surface area contributed by atoms with E-state index in [0.717, 1.165) is 0 Å². The van der Waals surface area contributed by atoms with Crippen LogP contribution >= 0.6 is 15.9 Å². The first-order valence-corrected chi connectivity index (χ1v) is 9.06. The summed E-state index contributed by atoms with van der Waals surface area (Å²) in [6, 6.07) is 5.92. The molecule has 2 N–H and O–H groups in total. The van der Waals surface area contributed by atoms with Gasteiger partial charge in [-0.25, -0.2) is 13.1 Å². The number of nitrogens with one attached hydrogen (secondary N) is 1. The molecule has 6 nitrogen and oxygen atoms in total. The molecule has 0 saturated heterocycles. The fraction of sp³-hybridized carbons (Fsp3) is 0.429. The van der Waals surface area contributed by atoms with Crippen molar-refractivity contribution >= 4 is 31.9 Å². The molecule has 0 atom stereocenters. The number of hydrogen-bond acceptors (Lipinski definition) is 4. The lowest BCUT2D eigenvalue weighted by molar-refractivity contribution is -0.142. The molecule has 1 aromatic rings. The summed E-state index contributed by atoms with van der Waals surface area (Å²) >= 11 is 3.17. The van der Waals surface area contributed by atoms with Crippen LogP contribution in [0.25, 0.3) is 0 Å². The first-order valence-electron chi connectivity index (χ1n) is 6.78. The van der Waals surface area contributed by atoms with E-state index in [1.54, 1.807) is 0 Å². The molecule has 1 aliphatic carbocycles. The third-order valence-corrected chi connectivity index (χ3v) is 5.94. The van der Waals surface area contributed by atoms with Gasteiger partial charge in [0.15, 0.2) is 0 Å². The third-order valence-electron chi connectivity index (χ3n) is 3.77. The number of carboxylic acid groups (broad SMARTS) is 1. The van der Waals surface area contributed by atoms with E-state index in [9.17, 15) is 13.2 Å². The van der Waals surface area contributed by atoms with Crippen molar-refractivity contribution in [2.45, 2.75) is 36.6 Å². The summed E-state index contributed by atoms with van der Waals surface area (Å²) in [6.07, 6.45) is 1.96. The topological polar surface area (TPSA) is 107 Å². The van der Waals surface area contributed by atoms with Crippen molar-refractivity contribution in [3.63, 3.8) is 0 Å². The lowest BCUT2D eigenvalue weighted by Gasteiger charge is -2.26. The van der Waals surface area contributed by atoms with Gasteiger partial charge < -0.3 is 5.11 Å². The zero-order valence-corrected chi connectivity index (χ0v) is 14.0. The number of nitriles is 1. The van der Waals surface area contributed by atoms with E-state index >= 15 is 0 Å². The second kappa shape index (κ2) is 6.77. The Morgan fingerprint density at radius 3 is 2.45 bits per heavy atom. The van der Waals surface area contributed by atoms with Gasteiger partial charge in [-0.05, 0) is 59.8 Å². The van der Waals surface area contributed by atoms with Gasteiger partial charge in [0.1, 0.15) is 6.07 Å². The molecule has 1 fully saturated rings. The molecule has 22 heavy (non-hydrogen) atoms. The molecular formula is C14H15BrN2O4S. The fourth-order valence-corrected chi connectivity index (χ4v) is 4.45. The van der Waals surface area contributed by atoms with Crippen molar-refractivity contribution in [3.05, 3.63) is 28.2 Å². The monoisotopic (exact) mass is 386 g/mol. The zero-order valence-electron chi connectivity index (χ0n) is 11.6. The van der Waals surface area contributed by atoms with Crippen LogP contribution in [0.5, 0.6) is 0 Å². The maximum Gasteiger partial charge on any atom is 0.306 e. The Labute approximate surface area is 137 Å². The predicted octanol–water partition coefficient (Wildman–Crippen LogP) is 2.24. The molecule has 0 unspecified atom stereocenters. The molecule has 1 aliphatic rings. The Morgan fingerprint density at radius 2 is 1.95 bits per heavy atom. The van der Waals surface area contributed by atoms with E-state index in [2.05, 4.69) is 20.7 Å². The average Bonchev–Trinajstić information content (AvgIpc) is 2.47. The van der Waals surface area contributed by atoms with Crippen molar-refractivity contribution in [2.75, 3.05) is 0 Å². The Hall–Kier alpha value is -1.43. The lowest BCUT2D eigenvalue weighted by atomic mass is 9.87. The number of carbonyl (C=O) groups is 1. The summed E-state index contributed by atoms with van der Waals surface area (Å²) in [7, 11) is -3.68. The maximum absolute atomic E-state index is 12.3. The minimum Gasteiger partial charge on any atom is -0.481 e. The van der Waals surface area contributed by atoms with Crippen molar-refractivity contribution in [3.8, 4) is 6.07 Å². The molecule has 1 saturated carbocycles. The molecule has 2 rings (SSSR count). The van der Waals surface area contributed by atoms with Crippen LogP contribution in [-0.4, -0.2) is 25.5 Å². The molecule has 0 heterocycles. The maximum atomic E-state index is 12.3. The standard InChI is InChI=1S/C14H15BrN2O4S/c15-13-7-12(6-3-10(13)8-16)22(20,21)17-11-4-1-9(2-5-11)14(18)19/h3,6-7,9,11,17H,1-2,4-5H2,(H,18,19). The minimum atomic E-state index is -3.68. The molecule has 0 aliphatic heterocycles. The summed E-state index contributed by atoms with van der Waals surface area (Å²) in [5.74, 6) is -1.21. The van der Waals surface area contributed by atoms with Crippen LogP contribution in [0.1, 0.15) is 31.2 Å². The number of aliphatic carboxylic acids is 1. The highest BCUT2D eigenvalue weighted by molar-refractivity contribution is 9.10. The Bertz CT molecular complexity index is 719. The van der Waals surface area contributed by atoms with Crippen LogP contribution in [-0.2, 0) is 14.8 Å². The van der Waals surface area contributed by atoms with Crippen molar-refractivity contribution in [1.82, 2.24) is 4.72 Å². The molecule has 0 amide bonds. The Morgan fingerprint density at radius 1 is 1.32 bits per heavy atom. The van der Waals surface area contributed by atoms with E-state index in [1.807, 2.05) is 6.07 Å². The highest BCUT2D eigenvalue weighted by Gasteiger charge is 2.29. The summed E-state index contributed by atoms with van der Waals surface area (Å²) in [5.41, 5.74) is 0.362. The smallest absolute Gasteiger partial charge is 0.306 e. The van der Waals surface area contributed by atoms with E-state index in [4.69, 9.17) is 10.4 Å². The quantitative estimate of drug-likeness (QED) is 0.824. The van der Waals surface area contributed by atoms with Gasteiger partial charge in [-0.3, -0.25) is 4.79 Å². The second-order valence-corrected chi connectivity index (χ2v) is 7.83. The largest absolute Gasteiger partial charge is 0.481 e. The van der Waals surface area contributed by atoms with Gasteiger partial charge in [-0.1, -0.05) is 0 Å². The van der Waals surface area contributed by atoms with E-state index in [-0.39, 0.29) is 16.9 Å². The molecule has 0 radical (unpaired) electrons. The summed E-state index contributed by atoms with van der Waals surface area (Å²) < 4.78 is 27.7. The summed E-state index contributed by atoms with van der Waals surface area (Å²) in [4.78, 5) is 11.0. The number of rotatable bonds is 4. The molecule has 8 heteroatoms. The van der Waals surface area contributed by atoms with Crippen LogP contribution in [0.3, 0.4) is 0 Å². The van der Waals surface area contributed by atoms with E-state index < -0.39 is 16.0 Å². The van der Waals surface area contributed by atoms with E-state index in [0.29, 0.717) is 35.7 Å². The van der Waals surface area contributed by atoms with Crippen LogP contribution in [0.2, 0.25) is 0 Å². The highest BCUT2D eigenvalue weighted by atomic mass is 79.9. The molecule has 0 aromatic heterocycles. The molecular weight excluding hydrogens is 372 g/mol. The highest BCUT2D eigenvalue weighted by Crippen LogP contribution is 2.26. The fourth-order valence-electron chi connectivity index (χ4n) is 2.50. The molecule has 0 spiro atoms. The van der Waals surface area contributed by atoms with Crippen LogP contribution in [0.15, 0.2) is 27.6 Å². The minimum absolute atomic E-state index is 0.0822. The molecule has 118 valence electrons. The Balaban J connectivity index is 2.08. The van der Waals surface area contributed by atoms with Crippen molar-refractivity contribution in [2.24, 2.45) is 5.92 Å². The average molecular weight is 387 g/mol. The molecule has 0 bridgehead atoms. The normalized spacial score (nSPS) is 22.0. The zero-order chi connectivity index (χ0) is 16.3. The van der Waals surface area contributed by atoms with Gasteiger partial charge in [-0.2, -0.15) is 5.26 Å². The summed E-state index contributed by atoms with van der Waals surface area (Å²) in [6.45, 7) is 0. The first kappa shape index (κ1) is 16.9. The number of benzene rings is 1. The van der Waals surface area contributed by atoms with Gasteiger partial charge in [-0.15, -0.1) is 0 Å². The van der Waals surface area contributed by atoms with Gasteiger partial charge >= 0.3 is 5.97 Å². The lowest BCUT2D eigenvalue weighted by Crippen LogP contribution is -2.38. The van der Waals surface area contributed by atoms with Crippen LogP contribution in [0, 0.1) is 17.2 Å². The SMILES string of the molecule is N#Cc1ccc(S(=O)(=O)NC2CCC(C(=O)O)CC2)cc1Br.